The van der Waals surface area contributed by atoms with Crippen molar-refractivity contribution < 1.29 is 0 Å². The van der Waals surface area contributed by atoms with E-state index in [1.165, 1.54) is 13.4 Å². The van der Waals surface area contributed by atoms with Gasteiger partial charge in [-0.25, -0.2) is 0 Å². The van der Waals surface area contributed by atoms with E-state index in [-0.39, 0.29) is 0 Å². The van der Waals surface area contributed by atoms with E-state index in [4.69, 9.17) is 0 Å². The molecular formula is C11H13Te+. The SMILES string of the molecule is C=CC[Te+]1Cc2ccccc2C1. The summed E-state index contributed by atoms with van der Waals surface area (Å²) in [5.74, 6) is 0. The van der Waals surface area contributed by atoms with Gasteiger partial charge in [0.1, 0.15) is 0 Å². The molecule has 1 aromatic rings. The van der Waals surface area contributed by atoms with Gasteiger partial charge in [-0.15, -0.1) is 0 Å². The van der Waals surface area contributed by atoms with Gasteiger partial charge in [0.15, 0.2) is 0 Å². The van der Waals surface area contributed by atoms with E-state index in [1.807, 2.05) is 0 Å². The van der Waals surface area contributed by atoms with Crippen LogP contribution in [0.4, 0.5) is 0 Å². The molecule has 0 bridgehead atoms. The molecule has 0 aliphatic carbocycles. The maximum absolute atomic E-state index is 3.83. The quantitative estimate of drug-likeness (QED) is 0.573. The molecule has 62 valence electrons. The van der Waals surface area contributed by atoms with Crippen molar-refractivity contribution in [3.63, 3.8) is 0 Å². The molecule has 1 heteroatoms. The molecule has 0 unspecified atom stereocenters. The van der Waals surface area contributed by atoms with E-state index in [0.717, 1.165) is 0 Å². The molecule has 1 aliphatic rings. The van der Waals surface area contributed by atoms with Gasteiger partial charge in [-0.1, -0.05) is 0 Å². The number of fused-ring (bicyclic) bond motifs is 1. The molecule has 1 heterocycles. The first-order chi connectivity index (χ1) is 5.90. The number of benzene rings is 1. The Labute approximate surface area is 80.9 Å². The molecule has 1 aliphatic heterocycles. The third-order valence-electron chi connectivity index (χ3n) is 2.19. The summed E-state index contributed by atoms with van der Waals surface area (Å²) in [6.07, 6.45) is 2.11. The van der Waals surface area contributed by atoms with Gasteiger partial charge in [-0.3, -0.25) is 0 Å². The summed E-state index contributed by atoms with van der Waals surface area (Å²) in [4.78, 5) is 0. The van der Waals surface area contributed by atoms with E-state index in [2.05, 4.69) is 36.9 Å². The van der Waals surface area contributed by atoms with Crippen molar-refractivity contribution in [3.05, 3.63) is 48.0 Å². The summed E-state index contributed by atoms with van der Waals surface area (Å²) in [5.41, 5.74) is 3.24. The van der Waals surface area contributed by atoms with Crippen LogP contribution < -0.4 is 0 Å². The molecule has 0 saturated heterocycles. The van der Waals surface area contributed by atoms with Gasteiger partial charge in [0.25, 0.3) is 0 Å². The van der Waals surface area contributed by atoms with E-state index in [9.17, 15) is 0 Å². The minimum absolute atomic E-state index is 0.779. The first kappa shape index (κ1) is 8.35. The molecule has 0 N–H and O–H groups in total. The molecule has 0 fully saturated rings. The third-order valence-corrected chi connectivity index (χ3v) is 8.31. The summed E-state index contributed by atoms with van der Waals surface area (Å²) in [5, 5.41) is 0. The summed E-state index contributed by atoms with van der Waals surface area (Å²) in [6, 6.07) is 8.90. The molecule has 0 saturated carbocycles. The van der Waals surface area contributed by atoms with Crippen molar-refractivity contribution >= 4 is 19.6 Å². The molecule has 0 nitrogen and oxygen atoms in total. The van der Waals surface area contributed by atoms with E-state index >= 15 is 0 Å². The second-order valence-electron chi connectivity index (χ2n) is 3.13. The normalized spacial score (nSPS) is 16.0. The Morgan fingerprint density at radius 1 is 1.25 bits per heavy atom. The van der Waals surface area contributed by atoms with Gasteiger partial charge in [0, 0.05) is 0 Å². The minimum atomic E-state index is -0.779. The van der Waals surface area contributed by atoms with Crippen LogP contribution in [0, 0.1) is 0 Å². The van der Waals surface area contributed by atoms with Gasteiger partial charge in [0.2, 0.25) is 0 Å². The molecule has 0 radical (unpaired) electrons. The van der Waals surface area contributed by atoms with Crippen molar-refractivity contribution in [1.82, 2.24) is 0 Å². The summed E-state index contributed by atoms with van der Waals surface area (Å²) < 4.78 is 4.18. The van der Waals surface area contributed by atoms with E-state index in [0.29, 0.717) is 0 Å². The average molecular weight is 273 g/mol. The molecule has 12 heavy (non-hydrogen) atoms. The van der Waals surface area contributed by atoms with Crippen LogP contribution in [-0.4, -0.2) is 19.6 Å². The summed E-state index contributed by atoms with van der Waals surface area (Å²) >= 11 is -0.779. The van der Waals surface area contributed by atoms with Crippen molar-refractivity contribution in [3.8, 4) is 0 Å². The number of hydrogen-bond donors (Lipinski definition) is 0. The third kappa shape index (κ3) is 1.58. The Balaban J connectivity index is 2.16. The zero-order valence-corrected chi connectivity index (χ0v) is 9.45. The first-order valence-electron chi connectivity index (χ1n) is 4.22. The van der Waals surface area contributed by atoms with E-state index in [1.54, 1.807) is 11.1 Å². The van der Waals surface area contributed by atoms with Gasteiger partial charge in [-0.2, -0.15) is 0 Å². The van der Waals surface area contributed by atoms with E-state index < -0.39 is 19.6 Å². The Morgan fingerprint density at radius 2 is 1.83 bits per heavy atom. The first-order valence-corrected chi connectivity index (χ1v) is 9.16. The Hall–Kier alpha value is -0.250. The predicted molar refractivity (Wildman–Crippen MR) is 54.6 cm³/mol. The standard InChI is InChI=1S/C11H13Te/c1-2-7-12-8-10-5-3-4-6-11(10)9-12/h2-6H,1,7-9H2/q+1. The molecule has 0 amide bonds. The van der Waals surface area contributed by atoms with Crippen LogP contribution in [0.5, 0.6) is 0 Å². The summed E-state index contributed by atoms with van der Waals surface area (Å²) in [7, 11) is 0. The Kier molecular flexibility index (Phi) is 2.54. The fourth-order valence-electron chi connectivity index (χ4n) is 1.61. The van der Waals surface area contributed by atoms with Crippen molar-refractivity contribution in [2.45, 2.75) is 13.4 Å². The Morgan fingerprint density at radius 3 is 2.33 bits per heavy atom. The van der Waals surface area contributed by atoms with Gasteiger partial charge in [-0.05, 0) is 0 Å². The zero-order chi connectivity index (χ0) is 8.39. The van der Waals surface area contributed by atoms with Gasteiger partial charge in [0.05, 0.1) is 0 Å². The van der Waals surface area contributed by atoms with Gasteiger partial charge < -0.3 is 0 Å². The topological polar surface area (TPSA) is 0 Å². The van der Waals surface area contributed by atoms with Crippen LogP contribution in [0.15, 0.2) is 36.9 Å². The van der Waals surface area contributed by atoms with Crippen molar-refractivity contribution in [1.29, 1.82) is 0 Å². The van der Waals surface area contributed by atoms with Crippen LogP contribution in [0.1, 0.15) is 11.1 Å². The van der Waals surface area contributed by atoms with Gasteiger partial charge >= 0.3 is 81.0 Å². The van der Waals surface area contributed by atoms with Crippen LogP contribution in [-0.2, 0) is 8.94 Å². The van der Waals surface area contributed by atoms with Crippen LogP contribution in [0.25, 0.3) is 0 Å². The molecule has 0 aromatic heterocycles. The monoisotopic (exact) mass is 275 g/mol. The molecular weight excluding hydrogens is 260 g/mol. The van der Waals surface area contributed by atoms with Crippen LogP contribution in [0.2, 0.25) is 4.47 Å². The summed E-state index contributed by atoms with van der Waals surface area (Å²) in [6.45, 7) is 3.83. The maximum atomic E-state index is 3.83. The average Bonchev–Trinajstić information content (AvgIpc) is 2.47. The van der Waals surface area contributed by atoms with Crippen LogP contribution >= 0.6 is 0 Å². The fraction of sp³-hybridized carbons (Fsp3) is 0.273. The number of hydrogen-bond acceptors (Lipinski definition) is 0. The van der Waals surface area contributed by atoms with Crippen molar-refractivity contribution in [2.75, 3.05) is 0 Å². The van der Waals surface area contributed by atoms with Crippen molar-refractivity contribution in [2.24, 2.45) is 0 Å². The molecule has 0 spiro atoms. The van der Waals surface area contributed by atoms with Crippen LogP contribution in [0.3, 0.4) is 0 Å². The predicted octanol–water partition coefficient (Wildman–Crippen LogP) is 2.54. The molecule has 0 atom stereocenters. The zero-order valence-electron chi connectivity index (χ0n) is 7.12. The number of rotatable bonds is 2. The second kappa shape index (κ2) is 3.64. The molecule has 1 aromatic carbocycles. The Bertz CT molecular complexity index is 266. The second-order valence-corrected chi connectivity index (χ2v) is 9.22. The number of allylic oxidation sites excluding steroid dienone is 1. The fourth-order valence-corrected chi connectivity index (χ4v) is 7.65. The molecule has 2 rings (SSSR count).